The lowest BCUT2D eigenvalue weighted by Crippen LogP contribution is -2.42. The van der Waals surface area contributed by atoms with Gasteiger partial charge in [-0.3, -0.25) is 9.88 Å². The molecule has 1 aliphatic heterocycles. The lowest BCUT2D eigenvalue weighted by Gasteiger charge is -2.33. The Morgan fingerprint density at radius 3 is 2.42 bits per heavy atom. The van der Waals surface area contributed by atoms with E-state index >= 15 is 0 Å². The van der Waals surface area contributed by atoms with Crippen molar-refractivity contribution in [2.45, 2.75) is 19.9 Å². The molecule has 184 valence electrons. The summed E-state index contributed by atoms with van der Waals surface area (Å²) in [5.74, 6) is 0.583. The fourth-order valence-corrected chi connectivity index (χ4v) is 4.98. The molecule has 2 aromatic carbocycles. The van der Waals surface area contributed by atoms with Crippen molar-refractivity contribution in [1.82, 2.24) is 24.2 Å². The van der Waals surface area contributed by atoms with E-state index in [1.807, 2.05) is 36.3 Å². The maximum Gasteiger partial charge on any atom is 0.227 e. The Labute approximate surface area is 218 Å². The highest BCUT2D eigenvalue weighted by atomic mass is 32.2. The normalized spacial score (nSPS) is 14.6. The van der Waals surface area contributed by atoms with Crippen molar-refractivity contribution in [3.63, 3.8) is 0 Å². The number of hydrogen-bond acceptors (Lipinski definition) is 7. The van der Waals surface area contributed by atoms with Gasteiger partial charge in [0.05, 0.1) is 5.69 Å². The first-order chi connectivity index (χ1) is 17.7. The van der Waals surface area contributed by atoms with E-state index in [1.54, 1.807) is 12.4 Å². The highest BCUT2D eigenvalue weighted by molar-refractivity contribution is 7.96. The Morgan fingerprint density at radius 2 is 1.67 bits per heavy atom. The van der Waals surface area contributed by atoms with Crippen LogP contribution in [0.4, 0.5) is 11.6 Å². The molecular formula is C29H32N6S. The minimum Gasteiger partial charge on any atom is -0.324 e. The van der Waals surface area contributed by atoms with Crippen LogP contribution in [0.1, 0.15) is 22.3 Å². The number of hydrogen-bond donors (Lipinski definition) is 1. The second-order valence-corrected chi connectivity index (χ2v) is 10.0. The monoisotopic (exact) mass is 496 g/mol. The Hall–Kier alpha value is -3.26. The number of piperazine rings is 1. The van der Waals surface area contributed by atoms with E-state index in [0.29, 0.717) is 5.95 Å². The summed E-state index contributed by atoms with van der Waals surface area (Å²) in [6, 6.07) is 21.5. The molecule has 0 saturated carbocycles. The summed E-state index contributed by atoms with van der Waals surface area (Å²) in [7, 11) is 0. The van der Waals surface area contributed by atoms with Gasteiger partial charge in [-0.2, -0.15) is 0 Å². The molecule has 1 aliphatic rings. The van der Waals surface area contributed by atoms with Crippen LogP contribution >= 0.6 is 11.9 Å². The zero-order valence-electron chi connectivity index (χ0n) is 20.9. The molecular weight excluding hydrogens is 464 g/mol. The van der Waals surface area contributed by atoms with E-state index in [9.17, 15) is 0 Å². The number of nitrogens with one attached hydrogen (secondary N) is 1. The minimum absolute atomic E-state index is 0.583. The molecule has 2 aromatic heterocycles. The molecule has 0 radical (unpaired) electrons. The van der Waals surface area contributed by atoms with Crippen molar-refractivity contribution in [1.29, 1.82) is 0 Å². The number of anilines is 2. The van der Waals surface area contributed by atoms with Crippen LogP contribution in [-0.4, -0.2) is 56.6 Å². The Bertz CT molecular complexity index is 1270. The van der Waals surface area contributed by atoms with Crippen molar-refractivity contribution < 1.29 is 0 Å². The van der Waals surface area contributed by atoms with Crippen LogP contribution in [0, 0.1) is 6.92 Å². The van der Waals surface area contributed by atoms with E-state index in [1.165, 1.54) is 16.7 Å². The number of aryl methyl sites for hydroxylation is 1. The fourth-order valence-electron chi connectivity index (χ4n) is 4.45. The molecule has 0 atom stereocenters. The first-order valence-corrected chi connectivity index (χ1v) is 13.5. The van der Waals surface area contributed by atoms with Gasteiger partial charge < -0.3 is 5.32 Å². The van der Waals surface area contributed by atoms with Crippen molar-refractivity contribution in [3.05, 3.63) is 102 Å². The Morgan fingerprint density at radius 1 is 0.889 bits per heavy atom. The van der Waals surface area contributed by atoms with Crippen molar-refractivity contribution in [2.24, 2.45) is 0 Å². The number of pyridine rings is 1. The molecule has 0 unspecified atom stereocenters. The second kappa shape index (κ2) is 11.6. The van der Waals surface area contributed by atoms with E-state index in [4.69, 9.17) is 0 Å². The van der Waals surface area contributed by atoms with Crippen molar-refractivity contribution in [3.8, 4) is 11.3 Å². The molecule has 0 amide bonds. The van der Waals surface area contributed by atoms with Gasteiger partial charge in [0.2, 0.25) is 5.95 Å². The summed E-state index contributed by atoms with van der Waals surface area (Å²) in [5, 5.41) is 3.42. The lowest BCUT2D eigenvalue weighted by molar-refractivity contribution is 0.189. The van der Waals surface area contributed by atoms with Gasteiger partial charge in [-0.05, 0) is 66.1 Å². The molecule has 7 heteroatoms. The van der Waals surface area contributed by atoms with Crippen LogP contribution in [0.15, 0.2) is 79.3 Å². The molecule has 1 N–H and O–H groups in total. The van der Waals surface area contributed by atoms with Crippen LogP contribution in [0.3, 0.4) is 0 Å². The number of aromatic nitrogens is 3. The lowest BCUT2D eigenvalue weighted by atomic mass is 10.0. The molecule has 3 heterocycles. The zero-order valence-corrected chi connectivity index (χ0v) is 21.7. The number of rotatable bonds is 8. The summed E-state index contributed by atoms with van der Waals surface area (Å²) in [5.41, 5.74) is 7.96. The first kappa shape index (κ1) is 24.4. The largest absolute Gasteiger partial charge is 0.324 e. The minimum atomic E-state index is 0.583. The SMILES string of the molecule is CSN1CCN(Cc2ccc(Cc3ccc(C)c(Nc4nccc(-c5cccnc5)n4)c3)cc2)CC1. The summed E-state index contributed by atoms with van der Waals surface area (Å²) >= 11 is 1.85. The Balaban J connectivity index is 1.23. The predicted molar refractivity (Wildman–Crippen MR) is 149 cm³/mol. The molecule has 0 aliphatic carbocycles. The van der Waals surface area contributed by atoms with Gasteiger partial charge >= 0.3 is 0 Å². The molecule has 0 bridgehead atoms. The average molecular weight is 497 g/mol. The van der Waals surface area contributed by atoms with Crippen LogP contribution < -0.4 is 5.32 Å². The molecule has 36 heavy (non-hydrogen) atoms. The van der Waals surface area contributed by atoms with Crippen LogP contribution in [0.5, 0.6) is 0 Å². The molecule has 6 nitrogen and oxygen atoms in total. The van der Waals surface area contributed by atoms with E-state index in [-0.39, 0.29) is 0 Å². The van der Waals surface area contributed by atoms with Crippen molar-refractivity contribution >= 4 is 23.6 Å². The fraction of sp³-hybridized carbons (Fsp3) is 0.276. The Kier molecular flexibility index (Phi) is 7.91. The molecule has 1 saturated heterocycles. The van der Waals surface area contributed by atoms with Crippen LogP contribution in [-0.2, 0) is 13.0 Å². The highest BCUT2D eigenvalue weighted by Gasteiger charge is 2.16. The smallest absolute Gasteiger partial charge is 0.227 e. The summed E-state index contributed by atoms with van der Waals surface area (Å²) in [6.45, 7) is 7.68. The van der Waals surface area contributed by atoms with Crippen molar-refractivity contribution in [2.75, 3.05) is 37.8 Å². The van der Waals surface area contributed by atoms with Gasteiger partial charge in [-0.1, -0.05) is 48.3 Å². The van der Waals surface area contributed by atoms with E-state index in [2.05, 4.69) is 85.1 Å². The maximum absolute atomic E-state index is 4.69. The maximum atomic E-state index is 4.69. The predicted octanol–water partition coefficient (Wildman–Crippen LogP) is 5.58. The third-order valence-corrected chi connectivity index (χ3v) is 7.47. The zero-order chi connectivity index (χ0) is 24.7. The van der Waals surface area contributed by atoms with Crippen LogP contribution in [0.2, 0.25) is 0 Å². The third-order valence-electron chi connectivity index (χ3n) is 6.59. The highest BCUT2D eigenvalue weighted by Crippen LogP contribution is 2.24. The average Bonchev–Trinajstić information content (AvgIpc) is 2.93. The van der Waals surface area contributed by atoms with E-state index < -0.39 is 0 Å². The first-order valence-electron chi connectivity index (χ1n) is 12.4. The quantitative estimate of drug-likeness (QED) is 0.320. The topological polar surface area (TPSA) is 57.2 Å². The summed E-state index contributed by atoms with van der Waals surface area (Å²) < 4.78 is 2.44. The molecule has 4 aromatic rings. The number of nitrogens with zero attached hydrogens (tertiary/aromatic N) is 5. The third kappa shape index (κ3) is 6.29. The van der Waals surface area contributed by atoms with Gasteiger partial charge in [0, 0.05) is 62.6 Å². The second-order valence-electron chi connectivity index (χ2n) is 9.16. The van der Waals surface area contributed by atoms with Gasteiger partial charge in [0.1, 0.15) is 0 Å². The summed E-state index contributed by atoms with van der Waals surface area (Å²) in [6.07, 6.45) is 8.41. The summed E-state index contributed by atoms with van der Waals surface area (Å²) in [4.78, 5) is 15.9. The standard InChI is InChI=1S/C29H32N6S/c1-22-5-6-25(18-23-7-9-24(10-8-23)21-34-14-16-35(36-2)17-15-34)19-28(22)33-29-31-13-11-27(32-29)26-4-3-12-30-20-26/h3-13,19-20H,14-18,21H2,1-2H3,(H,31,32,33). The molecule has 0 spiro atoms. The van der Waals surface area contributed by atoms with Gasteiger partial charge in [0.15, 0.2) is 0 Å². The number of benzene rings is 2. The van der Waals surface area contributed by atoms with Crippen LogP contribution in [0.25, 0.3) is 11.3 Å². The van der Waals surface area contributed by atoms with E-state index in [0.717, 1.165) is 61.7 Å². The van der Waals surface area contributed by atoms with Gasteiger partial charge in [-0.15, -0.1) is 0 Å². The molecule has 1 fully saturated rings. The molecule has 5 rings (SSSR count). The van der Waals surface area contributed by atoms with Gasteiger partial charge in [0.25, 0.3) is 0 Å². The van der Waals surface area contributed by atoms with Gasteiger partial charge in [-0.25, -0.2) is 14.3 Å².